The number of methoxy groups -OCH3 is 3. The zero-order chi connectivity index (χ0) is 14.5. The lowest BCUT2D eigenvalue weighted by Crippen LogP contribution is -2.27. The summed E-state index contributed by atoms with van der Waals surface area (Å²) in [5, 5.41) is 0. The number of carbonyl (C=O) groups is 1. The lowest BCUT2D eigenvalue weighted by molar-refractivity contribution is -0.0206. The molecule has 1 saturated carbocycles. The van der Waals surface area contributed by atoms with E-state index in [1.807, 2.05) is 0 Å². The van der Waals surface area contributed by atoms with Crippen LogP contribution in [0.4, 0.5) is 0 Å². The summed E-state index contributed by atoms with van der Waals surface area (Å²) in [7, 11) is 4.73. The van der Waals surface area contributed by atoms with Gasteiger partial charge in [-0.3, -0.25) is 0 Å². The van der Waals surface area contributed by atoms with Crippen molar-refractivity contribution in [1.29, 1.82) is 0 Å². The Balaban J connectivity index is 2.09. The summed E-state index contributed by atoms with van der Waals surface area (Å²) in [5.41, 5.74) is 0.449. The van der Waals surface area contributed by atoms with Crippen LogP contribution in [0, 0.1) is 0 Å². The molecular formula is C15H20O5. The maximum Gasteiger partial charge on any atom is 0.338 e. The molecule has 0 N–H and O–H groups in total. The number of rotatable bonds is 5. The number of ether oxygens (including phenoxy) is 4. The van der Waals surface area contributed by atoms with E-state index in [1.165, 1.54) is 7.11 Å². The molecule has 1 aliphatic carbocycles. The highest BCUT2D eigenvalue weighted by molar-refractivity contribution is 5.90. The molecule has 2 atom stereocenters. The number of carbonyl (C=O) groups excluding carboxylic acids is 1. The third kappa shape index (κ3) is 3.04. The van der Waals surface area contributed by atoms with Crippen LogP contribution in [-0.2, 0) is 9.47 Å². The quantitative estimate of drug-likeness (QED) is 0.775. The van der Waals surface area contributed by atoms with E-state index in [1.54, 1.807) is 32.4 Å². The second kappa shape index (κ2) is 6.61. The van der Waals surface area contributed by atoms with Crippen LogP contribution < -0.4 is 9.47 Å². The van der Waals surface area contributed by atoms with Gasteiger partial charge in [0.1, 0.15) is 6.10 Å². The van der Waals surface area contributed by atoms with Gasteiger partial charge < -0.3 is 18.9 Å². The van der Waals surface area contributed by atoms with Crippen molar-refractivity contribution in [2.75, 3.05) is 21.3 Å². The Bertz CT molecular complexity index is 471. The van der Waals surface area contributed by atoms with Crippen LogP contribution >= 0.6 is 0 Å². The lowest BCUT2D eigenvalue weighted by Gasteiger charge is -2.19. The lowest BCUT2D eigenvalue weighted by atomic mass is 10.2. The molecule has 2 rings (SSSR count). The smallest absolute Gasteiger partial charge is 0.338 e. The molecule has 20 heavy (non-hydrogen) atoms. The van der Waals surface area contributed by atoms with Crippen LogP contribution in [0.1, 0.15) is 29.6 Å². The van der Waals surface area contributed by atoms with Crippen molar-refractivity contribution >= 4 is 5.97 Å². The molecule has 0 saturated heterocycles. The van der Waals surface area contributed by atoms with Gasteiger partial charge in [-0.05, 0) is 37.5 Å². The van der Waals surface area contributed by atoms with E-state index >= 15 is 0 Å². The molecule has 0 aliphatic heterocycles. The fourth-order valence-corrected chi connectivity index (χ4v) is 2.47. The van der Waals surface area contributed by atoms with Gasteiger partial charge in [0, 0.05) is 7.11 Å². The summed E-state index contributed by atoms with van der Waals surface area (Å²) < 4.78 is 21.2. The fourth-order valence-electron chi connectivity index (χ4n) is 2.47. The Hall–Kier alpha value is -1.75. The van der Waals surface area contributed by atoms with Crippen LogP contribution in [-0.4, -0.2) is 39.5 Å². The monoisotopic (exact) mass is 280 g/mol. The first-order valence-corrected chi connectivity index (χ1v) is 6.65. The number of esters is 1. The van der Waals surface area contributed by atoms with Crippen molar-refractivity contribution in [3.05, 3.63) is 23.8 Å². The predicted octanol–water partition coefficient (Wildman–Crippen LogP) is 2.43. The molecule has 1 aromatic carbocycles. The molecule has 1 fully saturated rings. The Morgan fingerprint density at radius 1 is 1.05 bits per heavy atom. The van der Waals surface area contributed by atoms with Crippen LogP contribution in [0.2, 0.25) is 0 Å². The highest BCUT2D eigenvalue weighted by Crippen LogP contribution is 2.29. The third-order valence-corrected chi connectivity index (χ3v) is 3.57. The molecular weight excluding hydrogens is 260 g/mol. The van der Waals surface area contributed by atoms with Crippen molar-refractivity contribution in [3.63, 3.8) is 0 Å². The highest BCUT2D eigenvalue weighted by Gasteiger charge is 2.30. The van der Waals surface area contributed by atoms with Gasteiger partial charge in [-0.25, -0.2) is 4.79 Å². The number of hydrogen-bond acceptors (Lipinski definition) is 5. The largest absolute Gasteiger partial charge is 0.493 e. The van der Waals surface area contributed by atoms with Crippen LogP contribution in [0.25, 0.3) is 0 Å². The Morgan fingerprint density at radius 2 is 1.75 bits per heavy atom. The van der Waals surface area contributed by atoms with Crippen molar-refractivity contribution < 1.29 is 23.7 Å². The standard InChI is InChI=1S/C15H20O5/c1-17-11-5-4-6-13(11)20-15(16)10-7-8-12(18-2)14(9-10)19-3/h7-9,11,13H,4-6H2,1-3H3/t11-,13-/m1/s1. The van der Waals surface area contributed by atoms with Gasteiger partial charge in [-0.1, -0.05) is 0 Å². The minimum Gasteiger partial charge on any atom is -0.493 e. The van der Waals surface area contributed by atoms with Crippen LogP contribution in [0.3, 0.4) is 0 Å². The van der Waals surface area contributed by atoms with Crippen molar-refractivity contribution in [1.82, 2.24) is 0 Å². The van der Waals surface area contributed by atoms with Gasteiger partial charge in [0.25, 0.3) is 0 Å². The molecule has 0 amide bonds. The van der Waals surface area contributed by atoms with Gasteiger partial charge in [0.05, 0.1) is 25.9 Å². The molecule has 110 valence electrons. The number of benzene rings is 1. The average Bonchev–Trinajstić information content (AvgIpc) is 2.93. The van der Waals surface area contributed by atoms with Gasteiger partial charge in [0.2, 0.25) is 0 Å². The minimum atomic E-state index is -0.361. The van der Waals surface area contributed by atoms with E-state index in [0.717, 1.165) is 19.3 Å². The second-order valence-corrected chi connectivity index (χ2v) is 4.72. The highest BCUT2D eigenvalue weighted by atomic mass is 16.6. The minimum absolute atomic E-state index is 0.000839. The summed E-state index contributed by atoms with van der Waals surface area (Å²) in [5.74, 6) is 0.733. The summed E-state index contributed by atoms with van der Waals surface area (Å²) in [6.45, 7) is 0. The SMILES string of the molecule is COc1ccc(C(=O)O[C@@H]2CCC[C@H]2OC)cc1OC. The molecule has 5 heteroatoms. The normalized spacial score (nSPS) is 21.6. The van der Waals surface area contributed by atoms with E-state index in [4.69, 9.17) is 18.9 Å². The maximum absolute atomic E-state index is 12.2. The van der Waals surface area contributed by atoms with E-state index < -0.39 is 0 Å². The van der Waals surface area contributed by atoms with E-state index in [2.05, 4.69) is 0 Å². The van der Waals surface area contributed by atoms with Crippen molar-refractivity contribution in [2.45, 2.75) is 31.5 Å². The van der Waals surface area contributed by atoms with E-state index in [9.17, 15) is 4.79 Å². The zero-order valence-corrected chi connectivity index (χ0v) is 12.0. The average molecular weight is 280 g/mol. The predicted molar refractivity (Wildman–Crippen MR) is 73.4 cm³/mol. The summed E-state index contributed by atoms with van der Waals surface area (Å²) >= 11 is 0. The van der Waals surface area contributed by atoms with Gasteiger partial charge in [-0.2, -0.15) is 0 Å². The maximum atomic E-state index is 12.2. The summed E-state index contributed by atoms with van der Waals surface area (Å²) in [6.07, 6.45) is 2.63. The molecule has 0 unspecified atom stereocenters. The molecule has 0 aromatic heterocycles. The fraction of sp³-hybridized carbons (Fsp3) is 0.533. The Kier molecular flexibility index (Phi) is 4.84. The van der Waals surface area contributed by atoms with Gasteiger partial charge >= 0.3 is 5.97 Å². The van der Waals surface area contributed by atoms with E-state index in [-0.39, 0.29) is 18.2 Å². The van der Waals surface area contributed by atoms with Crippen LogP contribution in [0.5, 0.6) is 11.5 Å². The molecule has 5 nitrogen and oxygen atoms in total. The van der Waals surface area contributed by atoms with Crippen molar-refractivity contribution in [2.24, 2.45) is 0 Å². The first-order chi connectivity index (χ1) is 9.69. The first kappa shape index (κ1) is 14.7. The number of hydrogen-bond donors (Lipinski definition) is 0. The molecule has 1 aliphatic rings. The molecule has 0 bridgehead atoms. The molecule has 1 aromatic rings. The molecule has 0 radical (unpaired) electrons. The molecule has 0 spiro atoms. The second-order valence-electron chi connectivity index (χ2n) is 4.72. The van der Waals surface area contributed by atoms with Gasteiger partial charge in [0.15, 0.2) is 11.5 Å². The topological polar surface area (TPSA) is 54.0 Å². The summed E-state index contributed by atoms with van der Waals surface area (Å²) in [4.78, 5) is 12.2. The summed E-state index contributed by atoms with van der Waals surface area (Å²) in [6, 6.07) is 4.98. The van der Waals surface area contributed by atoms with Crippen molar-refractivity contribution in [3.8, 4) is 11.5 Å². The Morgan fingerprint density at radius 3 is 2.40 bits per heavy atom. The third-order valence-electron chi connectivity index (χ3n) is 3.57. The first-order valence-electron chi connectivity index (χ1n) is 6.65. The van der Waals surface area contributed by atoms with E-state index in [0.29, 0.717) is 17.1 Å². The van der Waals surface area contributed by atoms with Crippen LogP contribution in [0.15, 0.2) is 18.2 Å². The zero-order valence-electron chi connectivity index (χ0n) is 12.0. The van der Waals surface area contributed by atoms with Gasteiger partial charge in [-0.15, -0.1) is 0 Å². The Labute approximate surface area is 118 Å². The molecule has 0 heterocycles.